The molecule has 0 bridgehead atoms. The lowest BCUT2D eigenvalue weighted by Gasteiger charge is -2.32. The number of ether oxygens (including phenoxy) is 2. The van der Waals surface area contributed by atoms with Crippen LogP contribution in [0, 0.1) is 6.92 Å². The van der Waals surface area contributed by atoms with Gasteiger partial charge in [0.1, 0.15) is 11.8 Å². The summed E-state index contributed by atoms with van der Waals surface area (Å²) in [6, 6.07) is 4.67. The molecular formula is C20H33BCl2N2O5. The van der Waals surface area contributed by atoms with Crippen molar-refractivity contribution in [1.29, 1.82) is 0 Å². The molecule has 1 aromatic rings. The number of carbonyl (C=O) groups is 1. The van der Waals surface area contributed by atoms with E-state index in [0.717, 1.165) is 11.3 Å². The highest BCUT2D eigenvalue weighted by Gasteiger charge is 2.54. The third kappa shape index (κ3) is 6.74. The van der Waals surface area contributed by atoms with Gasteiger partial charge in [0, 0.05) is 18.6 Å². The predicted molar refractivity (Wildman–Crippen MR) is 121 cm³/mol. The lowest BCUT2D eigenvalue weighted by atomic mass is 9.76. The molecule has 0 aliphatic carbocycles. The molecule has 1 unspecified atom stereocenters. The number of aryl methyl sites for hydroxylation is 1. The Kier molecular flexibility index (Phi) is 9.92. The summed E-state index contributed by atoms with van der Waals surface area (Å²) < 4.78 is 23.1. The van der Waals surface area contributed by atoms with E-state index in [9.17, 15) is 4.79 Å². The van der Waals surface area contributed by atoms with E-state index in [1.165, 1.54) is 7.11 Å². The Bertz CT molecular complexity index is 704. The Labute approximate surface area is 190 Å². The first kappa shape index (κ1) is 27.0. The first-order valence-corrected chi connectivity index (χ1v) is 10.1. The third-order valence-corrected chi connectivity index (χ3v) is 5.67. The van der Waals surface area contributed by atoms with E-state index in [2.05, 4.69) is 5.32 Å². The molecule has 1 fully saturated rings. The van der Waals surface area contributed by atoms with Crippen LogP contribution in [0.3, 0.4) is 0 Å². The molecule has 1 aliphatic rings. The summed E-state index contributed by atoms with van der Waals surface area (Å²) in [4.78, 5) is 12.5. The van der Waals surface area contributed by atoms with E-state index in [1.807, 2.05) is 46.8 Å². The van der Waals surface area contributed by atoms with Gasteiger partial charge in [-0.05, 0) is 58.4 Å². The van der Waals surface area contributed by atoms with Crippen LogP contribution in [0.25, 0.3) is 0 Å². The third-order valence-electron chi connectivity index (χ3n) is 5.43. The SMILES string of the molecule is COCC(N)C(=O)N[C@@H](CCOc1ccc(Cl)cc1C)B1OC(C)(C)C(C)(C)O1.Cl. The number of rotatable bonds is 9. The molecule has 1 amide bonds. The zero-order valence-electron chi connectivity index (χ0n) is 18.5. The molecule has 0 saturated carbocycles. The van der Waals surface area contributed by atoms with Crippen molar-refractivity contribution in [2.45, 2.75) is 64.2 Å². The summed E-state index contributed by atoms with van der Waals surface area (Å²) in [5.41, 5.74) is 5.79. The molecule has 2 atom stereocenters. The maximum atomic E-state index is 12.5. The zero-order chi connectivity index (χ0) is 21.8. The lowest BCUT2D eigenvalue weighted by Crippen LogP contribution is -2.54. The van der Waals surface area contributed by atoms with Gasteiger partial charge in [0.2, 0.25) is 5.91 Å². The zero-order valence-corrected chi connectivity index (χ0v) is 20.1. The van der Waals surface area contributed by atoms with Crippen LogP contribution in [0.1, 0.15) is 39.7 Å². The second kappa shape index (κ2) is 11.0. The van der Waals surface area contributed by atoms with Gasteiger partial charge in [0.25, 0.3) is 0 Å². The largest absolute Gasteiger partial charge is 0.493 e. The minimum Gasteiger partial charge on any atom is -0.493 e. The summed E-state index contributed by atoms with van der Waals surface area (Å²) >= 11 is 6.00. The van der Waals surface area contributed by atoms with Crippen molar-refractivity contribution < 1.29 is 23.6 Å². The van der Waals surface area contributed by atoms with E-state index in [4.69, 9.17) is 36.1 Å². The van der Waals surface area contributed by atoms with E-state index < -0.39 is 30.3 Å². The first-order valence-electron chi connectivity index (χ1n) is 9.76. The molecule has 0 aromatic heterocycles. The molecule has 170 valence electrons. The van der Waals surface area contributed by atoms with Gasteiger partial charge in [-0.1, -0.05) is 11.6 Å². The first-order chi connectivity index (χ1) is 13.5. The predicted octanol–water partition coefficient (Wildman–Crippen LogP) is 2.93. The van der Waals surface area contributed by atoms with Gasteiger partial charge in [0.05, 0.1) is 30.4 Å². The van der Waals surface area contributed by atoms with Crippen molar-refractivity contribution >= 4 is 37.0 Å². The van der Waals surface area contributed by atoms with Gasteiger partial charge in [-0.2, -0.15) is 0 Å². The number of carbonyl (C=O) groups excluding carboxylic acids is 1. The average Bonchev–Trinajstić information content (AvgIpc) is 2.83. The minimum absolute atomic E-state index is 0. The quantitative estimate of drug-likeness (QED) is 0.548. The monoisotopic (exact) mass is 462 g/mol. The fraction of sp³-hybridized carbons (Fsp3) is 0.650. The number of amides is 1. The van der Waals surface area contributed by atoms with Crippen LogP contribution in [0.5, 0.6) is 5.75 Å². The Morgan fingerprint density at radius 1 is 1.27 bits per heavy atom. The molecule has 1 saturated heterocycles. The number of benzene rings is 1. The van der Waals surface area contributed by atoms with Gasteiger partial charge in [0.15, 0.2) is 0 Å². The van der Waals surface area contributed by atoms with Crippen molar-refractivity contribution in [2.24, 2.45) is 5.73 Å². The van der Waals surface area contributed by atoms with Crippen LogP contribution in [0.4, 0.5) is 0 Å². The van der Waals surface area contributed by atoms with Gasteiger partial charge in [-0.15, -0.1) is 12.4 Å². The molecule has 3 N–H and O–H groups in total. The topological polar surface area (TPSA) is 92.0 Å². The highest BCUT2D eigenvalue weighted by Crippen LogP contribution is 2.38. The number of nitrogens with two attached hydrogens (primary N) is 1. The van der Waals surface area contributed by atoms with Crippen LogP contribution >= 0.6 is 24.0 Å². The fourth-order valence-corrected chi connectivity index (χ4v) is 3.17. The van der Waals surface area contributed by atoms with E-state index >= 15 is 0 Å². The lowest BCUT2D eigenvalue weighted by molar-refractivity contribution is -0.123. The summed E-state index contributed by atoms with van der Waals surface area (Å²) in [6.07, 6.45) is 0.477. The minimum atomic E-state index is -0.774. The second-order valence-electron chi connectivity index (χ2n) is 8.35. The van der Waals surface area contributed by atoms with Crippen LogP contribution in [0.15, 0.2) is 18.2 Å². The van der Waals surface area contributed by atoms with E-state index in [-0.39, 0.29) is 24.9 Å². The molecule has 10 heteroatoms. The Hall–Kier alpha value is -1.03. The number of halogens is 2. The van der Waals surface area contributed by atoms with Crippen molar-refractivity contribution in [3.63, 3.8) is 0 Å². The maximum absolute atomic E-state index is 12.5. The molecule has 7 nitrogen and oxygen atoms in total. The molecule has 0 radical (unpaired) electrons. The molecule has 30 heavy (non-hydrogen) atoms. The average molecular weight is 463 g/mol. The second-order valence-corrected chi connectivity index (χ2v) is 8.79. The number of hydrogen-bond donors (Lipinski definition) is 2. The van der Waals surface area contributed by atoms with Crippen molar-refractivity contribution in [2.75, 3.05) is 20.3 Å². The van der Waals surface area contributed by atoms with Crippen LogP contribution in [-0.4, -0.2) is 56.5 Å². The van der Waals surface area contributed by atoms with Gasteiger partial charge >= 0.3 is 7.12 Å². The Morgan fingerprint density at radius 2 is 1.87 bits per heavy atom. The molecule has 1 aromatic carbocycles. The summed E-state index contributed by atoms with van der Waals surface area (Å²) in [6.45, 7) is 10.3. The summed E-state index contributed by atoms with van der Waals surface area (Å²) in [7, 11) is 0.884. The maximum Gasteiger partial charge on any atom is 0.481 e. The number of methoxy groups -OCH3 is 1. The fourth-order valence-electron chi connectivity index (χ4n) is 2.94. The van der Waals surface area contributed by atoms with E-state index in [0.29, 0.717) is 18.1 Å². The smallest absolute Gasteiger partial charge is 0.481 e. The van der Waals surface area contributed by atoms with Crippen LogP contribution < -0.4 is 15.8 Å². The summed E-state index contributed by atoms with van der Waals surface area (Å²) in [5, 5.41) is 3.59. The Morgan fingerprint density at radius 3 is 2.40 bits per heavy atom. The summed E-state index contributed by atoms with van der Waals surface area (Å²) in [5.74, 6) is -0.0159. The molecule has 1 aliphatic heterocycles. The van der Waals surface area contributed by atoms with Crippen molar-refractivity contribution in [3.05, 3.63) is 28.8 Å². The van der Waals surface area contributed by atoms with Crippen molar-refractivity contribution in [1.82, 2.24) is 5.32 Å². The van der Waals surface area contributed by atoms with E-state index in [1.54, 1.807) is 6.07 Å². The highest BCUT2D eigenvalue weighted by molar-refractivity contribution is 6.48. The van der Waals surface area contributed by atoms with Crippen LogP contribution in [-0.2, 0) is 18.8 Å². The number of nitrogens with one attached hydrogen (secondary N) is 1. The molecule has 2 rings (SSSR count). The number of hydrogen-bond acceptors (Lipinski definition) is 6. The standard InChI is InChI=1S/C20H32BClN2O5.ClH/c1-13-11-14(22)7-8-16(13)27-10-9-17(24-18(25)15(23)12-26-6)21-28-19(2,3)20(4,5)29-21;/h7-8,11,15,17H,9-10,12,23H2,1-6H3,(H,24,25);1H/t15?,17-;/m0./s1. The van der Waals surface area contributed by atoms with Gasteiger partial charge in [-0.25, -0.2) is 0 Å². The molecule has 0 spiro atoms. The van der Waals surface area contributed by atoms with Gasteiger partial charge in [-0.3, -0.25) is 4.79 Å². The highest BCUT2D eigenvalue weighted by atomic mass is 35.5. The molecule has 1 heterocycles. The normalized spacial score (nSPS) is 19.0. The van der Waals surface area contributed by atoms with Crippen LogP contribution in [0.2, 0.25) is 5.02 Å². The molecular weight excluding hydrogens is 430 g/mol. The van der Waals surface area contributed by atoms with Gasteiger partial charge < -0.3 is 29.8 Å². The van der Waals surface area contributed by atoms with Crippen molar-refractivity contribution in [3.8, 4) is 5.75 Å². The Balaban J connectivity index is 0.00000450.